The third-order valence-corrected chi connectivity index (χ3v) is 3.54. The Morgan fingerprint density at radius 3 is 2.55 bits per heavy atom. The van der Waals surface area contributed by atoms with E-state index in [1.807, 2.05) is 0 Å². The predicted octanol–water partition coefficient (Wildman–Crippen LogP) is 2.48. The van der Waals surface area contributed by atoms with Gasteiger partial charge in [0.25, 0.3) is 5.91 Å². The summed E-state index contributed by atoms with van der Waals surface area (Å²) in [5, 5.41) is 3.74. The van der Waals surface area contributed by atoms with Gasteiger partial charge in [0.1, 0.15) is 11.9 Å². The van der Waals surface area contributed by atoms with Gasteiger partial charge in [-0.05, 0) is 38.1 Å². The lowest BCUT2D eigenvalue weighted by Crippen LogP contribution is -2.33. The molecule has 0 unspecified atom stereocenters. The number of urea groups is 1. The minimum Gasteiger partial charge on any atom is -0.359 e. The lowest BCUT2D eigenvalue weighted by atomic mass is 10.2. The number of anilines is 1. The Hall–Kier alpha value is -2.70. The van der Waals surface area contributed by atoms with Gasteiger partial charge in [-0.3, -0.25) is 14.6 Å². The molecule has 2 heterocycles. The van der Waals surface area contributed by atoms with Gasteiger partial charge in [0.2, 0.25) is 0 Å². The maximum absolute atomic E-state index is 13.0. The van der Waals surface area contributed by atoms with Crippen LogP contribution < -0.4 is 4.90 Å². The van der Waals surface area contributed by atoms with Gasteiger partial charge in [0.15, 0.2) is 5.76 Å². The Kier molecular flexibility index (Phi) is 3.40. The monoisotopic (exact) mass is 303 g/mol. The van der Waals surface area contributed by atoms with Crippen molar-refractivity contribution in [1.29, 1.82) is 0 Å². The first-order valence-corrected chi connectivity index (χ1v) is 6.79. The number of halogens is 1. The zero-order valence-electron chi connectivity index (χ0n) is 12.1. The third-order valence-electron chi connectivity index (χ3n) is 3.54. The van der Waals surface area contributed by atoms with E-state index in [4.69, 9.17) is 4.52 Å². The van der Waals surface area contributed by atoms with Gasteiger partial charge in [-0.1, -0.05) is 5.16 Å². The van der Waals surface area contributed by atoms with Gasteiger partial charge in [-0.2, -0.15) is 0 Å². The second kappa shape index (κ2) is 5.25. The molecule has 1 aliphatic heterocycles. The highest BCUT2D eigenvalue weighted by Crippen LogP contribution is 2.27. The van der Waals surface area contributed by atoms with Crippen LogP contribution in [-0.2, 0) is 11.3 Å². The molecule has 7 heteroatoms. The van der Waals surface area contributed by atoms with E-state index in [9.17, 15) is 14.0 Å². The molecule has 114 valence electrons. The van der Waals surface area contributed by atoms with Crippen molar-refractivity contribution >= 4 is 17.6 Å². The quantitative estimate of drug-likeness (QED) is 0.817. The molecule has 1 aromatic heterocycles. The summed E-state index contributed by atoms with van der Waals surface area (Å²) >= 11 is 0. The molecule has 1 atom stereocenters. The fourth-order valence-electron chi connectivity index (χ4n) is 2.45. The van der Waals surface area contributed by atoms with Crippen LogP contribution in [0.2, 0.25) is 0 Å². The number of imide groups is 1. The first-order chi connectivity index (χ1) is 10.5. The van der Waals surface area contributed by atoms with E-state index in [0.29, 0.717) is 17.1 Å². The number of aromatic nitrogens is 1. The van der Waals surface area contributed by atoms with Crippen molar-refractivity contribution in [2.75, 3.05) is 4.90 Å². The van der Waals surface area contributed by atoms with Crippen molar-refractivity contribution in [3.63, 3.8) is 0 Å². The van der Waals surface area contributed by atoms with Gasteiger partial charge >= 0.3 is 6.03 Å². The molecule has 3 amide bonds. The van der Waals surface area contributed by atoms with E-state index in [-0.39, 0.29) is 12.5 Å². The largest absolute Gasteiger partial charge is 0.359 e. The van der Waals surface area contributed by atoms with Crippen molar-refractivity contribution < 1.29 is 18.5 Å². The van der Waals surface area contributed by atoms with E-state index >= 15 is 0 Å². The molecule has 6 nitrogen and oxygen atoms in total. The van der Waals surface area contributed by atoms with Crippen LogP contribution in [-0.4, -0.2) is 28.0 Å². The highest BCUT2D eigenvalue weighted by Gasteiger charge is 2.43. The average Bonchev–Trinajstić information content (AvgIpc) is 2.98. The Morgan fingerprint density at radius 1 is 1.27 bits per heavy atom. The molecule has 0 saturated carbocycles. The van der Waals surface area contributed by atoms with Crippen molar-refractivity contribution in [1.82, 2.24) is 10.1 Å². The van der Waals surface area contributed by atoms with Crippen molar-refractivity contribution in [2.24, 2.45) is 0 Å². The summed E-state index contributed by atoms with van der Waals surface area (Å²) in [6.45, 7) is 3.42. The molecular weight excluding hydrogens is 289 g/mol. The summed E-state index contributed by atoms with van der Waals surface area (Å²) in [5.74, 6) is -0.292. The summed E-state index contributed by atoms with van der Waals surface area (Å²) in [5.41, 5.74) is 1.15. The van der Waals surface area contributed by atoms with Crippen LogP contribution in [0.3, 0.4) is 0 Å². The zero-order valence-corrected chi connectivity index (χ0v) is 12.1. The molecular formula is C15H14FN3O3. The van der Waals surface area contributed by atoms with Gasteiger partial charge in [-0.15, -0.1) is 0 Å². The van der Waals surface area contributed by atoms with E-state index in [2.05, 4.69) is 5.16 Å². The maximum atomic E-state index is 13.0. The zero-order chi connectivity index (χ0) is 15.9. The first-order valence-electron chi connectivity index (χ1n) is 6.79. The molecule has 1 saturated heterocycles. The fourth-order valence-corrected chi connectivity index (χ4v) is 2.45. The lowest BCUT2D eigenvalue weighted by molar-refractivity contribution is -0.127. The number of carbonyl (C=O) groups excluding carboxylic acids is 2. The summed E-state index contributed by atoms with van der Waals surface area (Å²) in [7, 11) is 0. The van der Waals surface area contributed by atoms with Gasteiger partial charge < -0.3 is 4.52 Å². The highest BCUT2D eigenvalue weighted by molar-refractivity contribution is 6.13. The minimum absolute atomic E-state index is 0.0283. The number of hydrogen-bond donors (Lipinski definition) is 0. The second-order valence-electron chi connectivity index (χ2n) is 5.16. The molecule has 3 rings (SSSR count). The number of aryl methyl sites for hydroxylation is 1. The smallest absolute Gasteiger partial charge is 0.332 e. The Balaban J connectivity index is 1.87. The van der Waals surface area contributed by atoms with Crippen LogP contribution in [0.5, 0.6) is 0 Å². The Labute approximate surface area is 126 Å². The molecule has 0 N–H and O–H groups in total. The number of amides is 3. The number of rotatable bonds is 3. The van der Waals surface area contributed by atoms with Crippen LogP contribution >= 0.6 is 0 Å². The summed E-state index contributed by atoms with van der Waals surface area (Å²) < 4.78 is 18.1. The number of carbonyl (C=O) groups is 2. The molecule has 0 spiro atoms. The van der Waals surface area contributed by atoms with Gasteiger partial charge in [-0.25, -0.2) is 9.18 Å². The molecule has 0 bridgehead atoms. The molecule has 1 fully saturated rings. The van der Waals surface area contributed by atoms with E-state index < -0.39 is 17.9 Å². The maximum Gasteiger partial charge on any atom is 0.332 e. The molecule has 0 aliphatic carbocycles. The van der Waals surface area contributed by atoms with Crippen LogP contribution in [0.1, 0.15) is 18.4 Å². The minimum atomic E-state index is -0.651. The SMILES string of the molecule is Cc1cc(CN2C(=O)[C@H](C)N(c3ccc(F)cc3)C2=O)on1. The van der Waals surface area contributed by atoms with Gasteiger partial charge in [0, 0.05) is 11.8 Å². The molecule has 1 aliphatic rings. The van der Waals surface area contributed by atoms with Gasteiger partial charge in [0.05, 0.1) is 12.2 Å². The Morgan fingerprint density at radius 2 is 1.95 bits per heavy atom. The summed E-state index contributed by atoms with van der Waals surface area (Å²) in [6.07, 6.45) is 0. The molecule has 2 aromatic rings. The number of benzene rings is 1. The van der Waals surface area contributed by atoms with Crippen LogP contribution in [0.15, 0.2) is 34.9 Å². The van der Waals surface area contributed by atoms with Crippen molar-refractivity contribution in [3.05, 3.63) is 47.6 Å². The molecule has 1 aromatic carbocycles. The fraction of sp³-hybridized carbons (Fsp3) is 0.267. The normalized spacial score (nSPS) is 18.4. The van der Waals surface area contributed by atoms with Crippen LogP contribution in [0, 0.1) is 12.7 Å². The Bertz CT molecular complexity index is 726. The molecule has 0 radical (unpaired) electrons. The summed E-state index contributed by atoms with van der Waals surface area (Å²) in [4.78, 5) is 27.2. The predicted molar refractivity (Wildman–Crippen MR) is 75.5 cm³/mol. The average molecular weight is 303 g/mol. The van der Waals surface area contributed by atoms with Crippen molar-refractivity contribution in [2.45, 2.75) is 26.4 Å². The molecule has 22 heavy (non-hydrogen) atoms. The van der Waals surface area contributed by atoms with Crippen molar-refractivity contribution in [3.8, 4) is 0 Å². The lowest BCUT2D eigenvalue weighted by Gasteiger charge is -2.19. The highest BCUT2D eigenvalue weighted by atomic mass is 19.1. The third kappa shape index (κ3) is 2.34. The number of nitrogens with zero attached hydrogens (tertiary/aromatic N) is 3. The van der Waals surface area contributed by atoms with E-state index in [0.717, 1.165) is 4.90 Å². The van der Waals surface area contributed by atoms with E-state index in [1.54, 1.807) is 19.9 Å². The van der Waals surface area contributed by atoms with E-state index in [1.165, 1.54) is 29.2 Å². The van der Waals surface area contributed by atoms with Crippen LogP contribution in [0.4, 0.5) is 14.9 Å². The summed E-state index contributed by atoms with van der Waals surface area (Å²) in [6, 6.07) is 6.01. The topological polar surface area (TPSA) is 66.7 Å². The standard InChI is InChI=1S/C15H14FN3O3/c1-9-7-13(22-17-9)8-18-14(20)10(2)19(15(18)21)12-5-3-11(16)4-6-12/h3-7,10H,8H2,1-2H3/t10-/m0/s1. The van der Waals surface area contributed by atoms with Crippen LogP contribution in [0.25, 0.3) is 0 Å². The second-order valence-corrected chi connectivity index (χ2v) is 5.16. The number of hydrogen-bond acceptors (Lipinski definition) is 4. The first kappa shape index (κ1) is 14.2.